The van der Waals surface area contributed by atoms with Crippen LogP contribution in [-0.4, -0.2) is 41.9 Å². The molecule has 0 spiro atoms. The van der Waals surface area contributed by atoms with Crippen molar-refractivity contribution in [2.24, 2.45) is 5.92 Å². The summed E-state index contributed by atoms with van der Waals surface area (Å²) in [5, 5.41) is 0. The van der Waals surface area contributed by atoms with E-state index in [-0.39, 0.29) is 5.91 Å². The van der Waals surface area contributed by atoms with Crippen LogP contribution in [0.5, 0.6) is 0 Å². The average Bonchev–Trinajstić information content (AvgIpc) is 2.47. The van der Waals surface area contributed by atoms with Crippen molar-refractivity contribution >= 4 is 5.91 Å². The van der Waals surface area contributed by atoms with Crippen molar-refractivity contribution in [1.29, 1.82) is 0 Å². The second-order valence-corrected chi connectivity index (χ2v) is 6.05. The van der Waals surface area contributed by atoms with Crippen LogP contribution in [-0.2, 0) is 4.79 Å². The number of rotatable bonds is 3. The Morgan fingerprint density at radius 1 is 1.35 bits per heavy atom. The SMILES string of the molecule is CC(=O)N1CC[C@@H](C)[C@@H](N(C)[C@@H](C)c2ccccc2)C1. The zero-order valence-corrected chi connectivity index (χ0v) is 13.0. The molecular formula is C17H26N2O. The van der Waals surface area contributed by atoms with Gasteiger partial charge in [0.2, 0.25) is 5.91 Å². The van der Waals surface area contributed by atoms with E-state index in [4.69, 9.17) is 0 Å². The summed E-state index contributed by atoms with van der Waals surface area (Å²) < 4.78 is 0. The van der Waals surface area contributed by atoms with Gasteiger partial charge in [-0.2, -0.15) is 0 Å². The number of likely N-dealkylation sites (N-methyl/N-ethyl adjacent to an activating group) is 1. The second-order valence-electron chi connectivity index (χ2n) is 6.05. The van der Waals surface area contributed by atoms with Crippen LogP contribution in [0.1, 0.15) is 38.8 Å². The van der Waals surface area contributed by atoms with Gasteiger partial charge in [0.25, 0.3) is 0 Å². The Hall–Kier alpha value is -1.35. The first-order valence-electron chi connectivity index (χ1n) is 7.53. The van der Waals surface area contributed by atoms with Crippen molar-refractivity contribution in [1.82, 2.24) is 9.80 Å². The number of amides is 1. The summed E-state index contributed by atoms with van der Waals surface area (Å²) in [6.07, 6.45) is 1.09. The monoisotopic (exact) mass is 274 g/mol. The van der Waals surface area contributed by atoms with Crippen molar-refractivity contribution in [2.75, 3.05) is 20.1 Å². The summed E-state index contributed by atoms with van der Waals surface area (Å²) in [5.74, 6) is 0.824. The first kappa shape index (κ1) is 15.0. The number of piperidine rings is 1. The van der Waals surface area contributed by atoms with Gasteiger partial charge < -0.3 is 4.90 Å². The fourth-order valence-electron chi connectivity index (χ4n) is 3.12. The third kappa shape index (κ3) is 3.21. The van der Waals surface area contributed by atoms with E-state index < -0.39 is 0 Å². The van der Waals surface area contributed by atoms with Gasteiger partial charge in [-0.25, -0.2) is 0 Å². The average molecular weight is 274 g/mol. The Morgan fingerprint density at radius 2 is 2.00 bits per heavy atom. The summed E-state index contributed by atoms with van der Waals surface area (Å²) in [7, 11) is 2.18. The molecule has 1 saturated heterocycles. The molecule has 3 nitrogen and oxygen atoms in total. The number of hydrogen-bond donors (Lipinski definition) is 0. The van der Waals surface area contributed by atoms with Crippen molar-refractivity contribution in [3.05, 3.63) is 35.9 Å². The quantitative estimate of drug-likeness (QED) is 0.846. The Balaban J connectivity index is 2.10. The Kier molecular flexibility index (Phi) is 4.81. The molecule has 1 aromatic carbocycles. The highest BCUT2D eigenvalue weighted by molar-refractivity contribution is 5.73. The molecular weight excluding hydrogens is 248 g/mol. The summed E-state index contributed by atoms with van der Waals surface area (Å²) in [4.78, 5) is 16.0. The van der Waals surface area contributed by atoms with Crippen LogP contribution in [0.4, 0.5) is 0 Å². The zero-order chi connectivity index (χ0) is 14.7. The van der Waals surface area contributed by atoms with Crippen LogP contribution in [0, 0.1) is 5.92 Å². The van der Waals surface area contributed by atoms with Gasteiger partial charge in [-0.15, -0.1) is 0 Å². The lowest BCUT2D eigenvalue weighted by Crippen LogP contribution is -2.52. The Bertz CT molecular complexity index is 446. The number of hydrogen-bond acceptors (Lipinski definition) is 2. The smallest absolute Gasteiger partial charge is 0.219 e. The summed E-state index contributed by atoms with van der Waals surface area (Å²) in [6.45, 7) is 7.98. The van der Waals surface area contributed by atoms with Gasteiger partial charge in [0, 0.05) is 32.1 Å². The fraction of sp³-hybridized carbons (Fsp3) is 0.588. The molecule has 1 amide bonds. The highest BCUT2D eigenvalue weighted by Gasteiger charge is 2.32. The molecule has 0 N–H and O–H groups in total. The molecule has 110 valence electrons. The Labute approximate surface area is 122 Å². The number of carbonyl (C=O) groups is 1. The molecule has 20 heavy (non-hydrogen) atoms. The maximum Gasteiger partial charge on any atom is 0.219 e. The van der Waals surface area contributed by atoms with E-state index in [1.165, 1.54) is 5.56 Å². The third-order valence-corrected chi connectivity index (χ3v) is 4.78. The van der Waals surface area contributed by atoms with E-state index in [0.717, 1.165) is 19.5 Å². The number of nitrogens with zero attached hydrogens (tertiary/aromatic N) is 2. The number of benzene rings is 1. The van der Waals surface area contributed by atoms with Gasteiger partial charge in [-0.05, 0) is 31.9 Å². The van der Waals surface area contributed by atoms with Crippen LogP contribution in [0.3, 0.4) is 0 Å². The van der Waals surface area contributed by atoms with Crippen LogP contribution >= 0.6 is 0 Å². The molecule has 1 fully saturated rings. The van der Waals surface area contributed by atoms with Crippen LogP contribution in [0.15, 0.2) is 30.3 Å². The zero-order valence-electron chi connectivity index (χ0n) is 13.0. The van der Waals surface area contributed by atoms with Gasteiger partial charge in [-0.1, -0.05) is 37.3 Å². The first-order chi connectivity index (χ1) is 9.50. The van der Waals surface area contributed by atoms with Crippen molar-refractivity contribution in [3.8, 4) is 0 Å². The molecule has 1 heterocycles. The van der Waals surface area contributed by atoms with E-state index in [1.54, 1.807) is 6.92 Å². The fourth-order valence-corrected chi connectivity index (χ4v) is 3.12. The summed E-state index contributed by atoms with van der Waals surface area (Å²) in [5.41, 5.74) is 1.34. The van der Waals surface area contributed by atoms with Gasteiger partial charge in [-0.3, -0.25) is 9.69 Å². The maximum absolute atomic E-state index is 11.6. The minimum Gasteiger partial charge on any atom is -0.341 e. The summed E-state index contributed by atoms with van der Waals surface area (Å²) >= 11 is 0. The van der Waals surface area contributed by atoms with E-state index in [2.05, 4.69) is 56.1 Å². The van der Waals surface area contributed by atoms with E-state index in [1.807, 2.05) is 4.90 Å². The molecule has 1 aliphatic heterocycles. The predicted octanol–water partition coefficient (Wildman–Crippen LogP) is 2.94. The lowest BCUT2D eigenvalue weighted by atomic mass is 9.90. The lowest BCUT2D eigenvalue weighted by molar-refractivity contribution is -0.131. The maximum atomic E-state index is 11.6. The van der Waals surface area contributed by atoms with E-state index in [0.29, 0.717) is 18.0 Å². The number of likely N-dealkylation sites (tertiary alicyclic amines) is 1. The highest BCUT2D eigenvalue weighted by Crippen LogP contribution is 2.28. The molecule has 3 atom stereocenters. The van der Waals surface area contributed by atoms with Crippen LogP contribution in [0.25, 0.3) is 0 Å². The second kappa shape index (κ2) is 6.40. The lowest BCUT2D eigenvalue weighted by Gasteiger charge is -2.43. The molecule has 0 radical (unpaired) electrons. The molecule has 0 saturated carbocycles. The molecule has 0 aliphatic carbocycles. The highest BCUT2D eigenvalue weighted by atomic mass is 16.2. The van der Waals surface area contributed by atoms with Gasteiger partial charge in [0.05, 0.1) is 0 Å². The molecule has 2 rings (SSSR count). The van der Waals surface area contributed by atoms with E-state index in [9.17, 15) is 4.79 Å². The van der Waals surface area contributed by atoms with Crippen LogP contribution < -0.4 is 0 Å². The molecule has 1 aromatic rings. The number of carbonyl (C=O) groups excluding carboxylic acids is 1. The van der Waals surface area contributed by atoms with Gasteiger partial charge >= 0.3 is 0 Å². The summed E-state index contributed by atoms with van der Waals surface area (Å²) in [6, 6.07) is 11.4. The van der Waals surface area contributed by atoms with Crippen molar-refractivity contribution < 1.29 is 4.79 Å². The van der Waals surface area contributed by atoms with E-state index >= 15 is 0 Å². The minimum atomic E-state index is 0.197. The first-order valence-corrected chi connectivity index (χ1v) is 7.53. The molecule has 3 heteroatoms. The van der Waals surface area contributed by atoms with Gasteiger partial charge in [0.15, 0.2) is 0 Å². The standard InChI is InChI=1S/C17H26N2O/c1-13-10-11-19(15(3)20)12-17(13)18(4)14(2)16-8-6-5-7-9-16/h5-9,13-14,17H,10-12H2,1-4H3/t13-,14+,17+/m1/s1. The van der Waals surface area contributed by atoms with Crippen molar-refractivity contribution in [2.45, 2.75) is 39.3 Å². The molecule has 1 aliphatic rings. The topological polar surface area (TPSA) is 23.6 Å². The predicted molar refractivity (Wildman–Crippen MR) is 82.4 cm³/mol. The largest absolute Gasteiger partial charge is 0.341 e. The molecule has 0 aromatic heterocycles. The minimum absolute atomic E-state index is 0.197. The molecule has 0 bridgehead atoms. The normalized spacial score (nSPS) is 24.8. The van der Waals surface area contributed by atoms with Crippen molar-refractivity contribution in [3.63, 3.8) is 0 Å². The third-order valence-electron chi connectivity index (χ3n) is 4.78. The molecule has 0 unspecified atom stereocenters. The van der Waals surface area contributed by atoms with Gasteiger partial charge in [0.1, 0.15) is 0 Å². The Morgan fingerprint density at radius 3 is 2.60 bits per heavy atom. The van der Waals surface area contributed by atoms with Crippen LogP contribution in [0.2, 0.25) is 0 Å².